The normalized spacial score (nSPS) is 15.2. The maximum absolute atomic E-state index is 12.9. The molecule has 1 aliphatic rings. The second-order valence-corrected chi connectivity index (χ2v) is 6.38. The van der Waals surface area contributed by atoms with E-state index in [1.807, 2.05) is 0 Å². The molecule has 1 N–H and O–H groups in total. The van der Waals surface area contributed by atoms with Crippen LogP contribution in [0.2, 0.25) is 0 Å². The van der Waals surface area contributed by atoms with Crippen molar-refractivity contribution >= 4 is 5.91 Å². The topological polar surface area (TPSA) is 75.3 Å². The molecule has 6 nitrogen and oxygen atoms in total. The van der Waals surface area contributed by atoms with Crippen LogP contribution in [0, 0.1) is 5.82 Å². The first-order chi connectivity index (χ1) is 12.6. The predicted octanol–water partition coefficient (Wildman–Crippen LogP) is 2.89. The van der Waals surface area contributed by atoms with Crippen LogP contribution in [0.1, 0.15) is 48.3 Å². The standard InChI is InChI=1S/C19H22FN3O3/c20-14-6-8-15(9-7-14)26-13-17-21-12-16(18(24)22-17)19(25)23-10-4-2-1-3-5-11-23/h6-9,12H,1-5,10-11,13H2,(H,21,22,24). The number of hydrogen-bond acceptors (Lipinski definition) is 4. The summed E-state index contributed by atoms with van der Waals surface area (Å²) in [5.74, 6) is 0.154. The van der Waals surface area contributed by atoms with Gasteiger partial charge in [-0.15, -0.1) is 0 Å². The highest BCUT2D eigenvalue weighted by Gasteiger charge is 2.20. The number of rotatable bonds is 4. The molecule has 2 aromatic rings. The molecule has 138 valence electrons. The number of carbonyl (C=O) groups is 1. The van der Waals surface area contributed by atoms with Crippen molar-refractivity contribution in [3.05, 3.63) is 58.0 Å². The van der Waals surface area contributed by atoms with E-state index in [1.54, 1.807) is 4.90 Å². The van der Waals surface area contributed by atoms with Gasteiger partial charge in [0.15, 0.2) is 0 Å². The maximum atomic E-state index is 12.9. The molecular formula is C19H22FN3O3. The first-order valence-corrected chi connectivity index (χ1v) is 8.89. The van der Waals surface area contributed by atoms with Crippen molar-refractivity contribution < 1.29 is 13.9 Å². The van der Waals surface area contributed by atoms with Gasteiger partial charge in [0.25, 0.3) is 11.5 Å². The van der Waals surface area contributed by atoms with Gasteiger partial charge in [-0.2, -0.15) is 0 Å². The molecular weight excluding hydrogens is 337 g/mol. The van der Waals surface area contributed by atoms with Crippen molar-refractivity contribution in [2.24, 2.45) is 0 Å². The number of aromatic nitrogens is 2. The highest BCUT2D eigenvalue weighted by Crippen LogP contribution is 2.13. The summed E-state index contributed by atoms with van der Waals surface area (Å²) in [4.78, 5) is 33.3. The Morgan fingerprint density at radius 3 is 2.42 bits per heavy atom. The van der Waals surface area contributed by atoms with E-state index in [-0.39, 0.29) is 23.9 Å². The summed E-state index contributed by atoms with van der Waals surface area (Å²) < 4.78 is 18.3. The summed E-state index contributed by atoms with van der Waals surface area (Å²) in [5.41, 5.74) is -0.416. The fourth-order valence-corrected chi connectivity index (χ4v) is 2.96. The van der Waals surface area contributed by atoms with Gasteiger partial charge >= 0.3 is 0 Å². The number of benzene rings is 1. The summed E-state index contributed by atoms with van der Waals surface area (Å²) in [7, 11) is 0. The minimum Gasteiger partial charge on any atom is -0.486 e. The first kappa shape index (κ1) is 18.1. The fourth-order valence-electron chi connectivity index (χ4n) is 2.96. The lowest BCUT2D eigenvalue weighted by molar-refractivity contribution is 0.0740. The number of H-pyrrole nitrogens is 1. The van der Waals surface area contributed by atoms with Crippen LogP contribution in [0.25, 0.3) is 0 Å². The molecule has 1 fully saturated rings. The lowest BCUT2D eigenvalue weighted by Crippen LogP contribution is -2.37. The van der Waals surface area contributed by atoms with Crippen molar-refractivity contribution in [2.45, 2.75) is 38.7 Å². The number of carbonyl (C=O) groups excluding carboxylic acids is 1. The van der Waals surface area contributed by atoms with Crippen molar-refractivity contribution in [1.29, 1.82) is 0 Å². The van der Waals surface area contributed by atoms with Crippen LogP contribution in [0.4, 0.5) is 4.39 Å². The zero-order chi connectivity index (χ0) is 18.4. The third kappa shape index (κ3) is 4.68. The van der Waals surface area contributed by atoms with Gasteiger partial charge in [-0.25, -0.2) is 9.37 Å². The third-order valence-electron chi connectivity index (χ3n) is 4.41. The molecule has 1 saturated heterocycles. The van der Waals surface area contributed by atoms with Gasteiger partial charge in [0.1, 0.15) is 29.6 Å². The summed E-state index contributed by atoms with van der Waals surface area (Å²) in [5, 5.41) is 0. The Labute approximate surface area is 151 Å². The van der Waals surface area contributed by atoms with Gasteiger partial charge in [0, 0.05) is 19.3 Å². The summed E-state index contributed by atoms with van der Waals surface area (Å²) in [6.45, 7) is 1.38. The van der Waals surface area contributed by atoms with E-state index in [4.69, 9.17) is 4.74 Å². The van der Waals surface area contributed by atoms with E-state index >= 15 is 0 Å². The Bertz CT molecular complexity index is 796. The van der Waals surface area contributed by atoms with Crippen LogP contribution in [0.5, 0.6) is 5.75 Å². The molecule has 2 heterocycles. The molecule has 0 atom stereocenters. The number of nitrogens with zero attached hydrogens (tertiary/aromatic N) is 2. The number of hydrogen-bond donors (Lipinski definition) is 1. The molecule has 0 radical (unpaired) electrons. The van der Waals surface area contributed by atoms with Gasteiger partial charge in [-0.3, -0.25) is 9.59 Å². The lowest BCUT2D eigenvalue weighted by atomic mass is 10.1. The Morgan fingerprint density at radius 1 is 1.12 bits per heavy atom. The van der Waals surface area contributed by atoms with Crippen LogP contribution < -0.4 is 10.3 Å². The van der Waals surface area contributed by atoms with Crippen LogP contribution in [0.3, 0.4) is 0 Å². The van der Waals surface area contributed by atoms with Crippen molar-refractivity contribution in [2.75, 3.05) is 13.1 Å². The van der Waals surface area contributed by atoms with Crippen molar-refractivity contribution in [3.63, 3.8) is 0 Å². The summed E-state index contributed by atoms with van der Waals surface area (Å²) in [6, 6.07) is 5.56. The zero-order valence-corrected chi connectivity index (χ0v) is 14.5. The number of aromatic amines is 1. The number of halogens is 1. The van der Waals surface area contributed by atoms with E-state index in [0.717, 1.165) is 25.7 Å². The van der Waals surface area contributed by atoms with Crippen molar-refractivity contribution in [1.82, 2.24) is 14.9 Å². The number of ether oxygens (including phenoxy) is 1. The highest BCUT2D eigenvalue weighted by atomic mass is 19.1. The predicted molar refractivity (Wildman–Crippen MR) is 94.6 cm³/mol. The monoisotopic (exact) mass is 359 g/mol. The quantitative estimate of drug-likeness (QED) is 0.911. The Kier molecular flexibility index (Phi) is 5.99. The van der Waals surface area contributed by atoms with Crippen LogP contribution in [-0.2, 0) is 6.61 Å². The maximum Gasteiger partial charge on any atom is 0.263 e. The molecule has 1 aliphatic heterocycles. The average Bonchev–Trinajstić information content (AvgIpc) is 2.60. The SMILES string of the molecule is O=C(c1cnc(COc2ccc(F)cc2)[nH]c1=O)N1CCCCCCC1. The fraction of sp³-hybridized carbons (Fsp3) is 0.421. The van der Waals surface area contributed by atoms with E-state index in [9.17, 15) is 14.0 Å². The zero-order valence-electron chi connectivity index (χ0n) is 14.5. The molecule has 0 unspecified atom stereocenters. The average molecular weight is 359 g/mol. The molecule has 0 saturated carbocycles. The summed E-state index contributed by atoms with van der Waals surface area (Å²) in [6.07, 6.45) is 6.65. The van der Waals surface area contributed by atoms with Gasteiger partial charge in [0.05, 0.1) is 0 Å². The Morgan fingerprint density at radius 2 is 1.77 bits per heavy atom. The Balaban J connectivity index is 1.65. The largest absolute Gasteiger partial charge is 0.486 e. The number of nitrogens with one attached hydrogen (secondary N) is 1. The Hall–Kier alpha value is -2.70. The van der Waals surface area contributed by atoms with Crippen LogP contribution in [0.15, 0.2) is 35.3 Å². The molecule has 0 bridgehead atoms. The number of likely N-dealkylation sites (tertiary alicyclic amines) is 1. The van der Waals surface area contributed by atoms with Gasteiger partial charge in [0.2, 0.25) is 0 Å². The summed E-state index contributed by atoms with van der Waals surface area (Å²) >= 11 is 0. The lowest BCUT2D eigenvalue weighted by Gasteiger charge is -2.24. The third-order valence-corrected chi connectivity index (χ3v) is 4.41. The smallest absolute Gasteiger partial charge is 0.263 e. The van der Waals surface area contributed by atoms with E-state index in [1.165, 1.54) is 36.9 Å². The van der Waals surface area contributed by atoms with E-state index in [0.29, 0.717) is 24.7 Å². The van der Waals surface area contributed by atoms with Crippen molar-refractivity contribution in [3.8, 4) is 5.75 Å². The molecule has 7 heteroatoms. The molecule has 1 aromatic carbocycles. The number of amides is 1. The van der Waals surface area contributed by atoms with E-state index < -0.39 is 5.56 Å². The van der Waals surface area contributed by atoms with Gasteiger partial charge in [-0.1, -0.05) is 19.3 Å². The molecule has 0 spiro atoms. The van der Waals surface area contributed by atoms with Crippen LogP contribution in [-0.4, -0.2) is 33.9 Å². The molecule has 1 amide bonds. The molecule has 1 aromatic heterocycles. The minimum absolute atomic E-state index is 0.0268. The van der Waals surface area contributed by atoms with Gasteiger partial charge in [-0.05, 0) is 37.1 Å². The molecule has 26 heavy (non-hydrogen) atoms. The second kappa shape index (κ2) is 8.60. The van der Waals surface area contributed by atoms with E-state index in [2.05, 4.69) is 9.97 Å². The molecule has 0 aliphatic carbocycles. The molecule has 3 rings (SSSR count). The minimum atomic E-state index is -0.468. The van der Waals surface area contributed by atoms with Gasteiger partial charge < -0.3 is 14.6 Å². The first-order valence-electron chi connectivity index (χ1n) is 8.89. The second-order valence-electron chi connectivity index (χ2n) is 6.38. The highest BCUT2D eigenvalue weighted by molar-refractivity contribution is 5.93. The van der Waals surface area contributed by atoms with Crippen LogP contribution >= 0.6 is 0 Å².